The third-order valence-electron chi connectivity index (χ3n) is 1.64. The Labute approximate surface area is 73.4 Å². The predicted octanol–water partition coefficient (Wildman–Crippen LogP) is 2.14. The third-order valence-corrected chi connectivity index (χ3v) is 2.77. The molecule has 0 aliphatic heterocycles. The third kappa shape index (κ3) is 1.04. The Hall–Kier alpha value is -1.16. The van der Waals surface area contributed by atoms with Crippen molar-refractivity contribution >= 4 is 27.5 Å². The van der Waals surface area contributed by atoms with E-state index >= 15 is 0 Å². The number of aryl methyl sites for hydroxylation is 1. The molecule has 0 unspecified atom stereocenters. The van der Waals surface area contributed by atoms with Crippen LogP contribution in [-0.4, -0.2) is 15.8 Å². The van der Waals surface area contributed by atoms with Crippen molar-refractivity contribution in [1.29, 1.82) is 0 Å². The SMILES string of the molecule is CC(=O)c1cc2[nH]c(C)nc2s1. The minimum Gasteiger partial charge on any atom is -0.341 e. The van der Waals surface area contributed by atoms with Crippen LogP contribution in [0.1, 0.15) is 22.4 Å². The molecular weight excluding hydrogens is 172 g/mol. The molecular formula is C8H8N2OS. The Kier molecular flexibility index (Phi) is 1.51. The molecule has 2 aromatic heterocycles. The van der Waals surface area contributed by atoms with Gasteiger partial charge in [0.15, 0.2) is 5.78 Å². The smallest absolute Gasteiger partial charge is 0.169 e. The molecule has 0 spiro atoms. The largest absolute Gasteiger partial charge is 0.341 e. The van der Waals surface area contributed by atoms with E-state index < -0.39 is 0 Å². The number of carbonyl (C=O) groups is 1. The molecule has 2 rings (SSSR count). The molecule has 3 nitrogen and oxygen atoms in total. The number of ketones is 1. The first-order valence-corrected chi connectivity index (χ1v) is 4.45. The van der Waals surface area contributed by atoms with Crippen molar-refractivity contribution in [3.8, 4) is 0 Å². The summed E-state index contributed by atoms with van der Waals surface area (Å²) in [5.41, 5.74) is 0.961. The van der Waals surface area contributed by atoms with E-state index in [0.717, 1.165) is 21.0 Å². The maximum Gasteiger partial charge on any atom is 0.169 e. The number of aromatic amines is 1. The van der Waals surface area contributed by atoms with Crippen LogP contribution < -0.4 is 0 Å². The lowest BCUT2D eigenvalue weighted by atomic mass is 10.3. The maximum absolute atomic E-state index is 11.0. The summed E-state index contributed by atoms with van der Waals surface area (Å²) in [5.74, 6) is 0.996. The van der Waals surface area contributed by atoms with Gasteiger partial charge in [0.05, 0.1) is 10.4 Å². The summed E-state index contributed by atoms with van der Waals surface area (Å²) in [6.45, 7) is 3.47. The molecule has 2 heterocycles. The Balaban J connectivity index is 2.64. The average Bonchev–Trinajstić information content (AvgIpc) is 2.42. The number of thiophene rings is 1. The number of carbonyl (C=O) groups excluding carboxylic acids is 1. The number of nitrogens with zero attached hydrogens (tertiary/aromatic N) is 1. The summed E-state index contributed by atoms with van der Waals surface area (Å²) in [6.07, 6.45) is 0. The van der Waals surface area contributed by atoms with E-state index in [-0.39, 0.29) is 5.78 Å². The second kappa shape index (κ2) is 2.42. The van der Waals surface area contributed by atoms with Crippen LogP contribution in [0, 0.1) is 6.92 Å². The first kappa shape index (κ1) is 7.49. The maximum atomic E-state index is 11.0. The number of rotatable bonds is 1. The molecule has 0 saturated heterocycles. The van der Waals surface area contributed by atoms with Gasteiger partial charge in [-0.15, -0.1) is 11.3 Å². The van der Waals surface area contributed by atoms with Gasteiger partial charge in [-0.3, -0.25) is 4.79 Å². The lowest BCUT2D eigenvalue weighted by Crippen LogP contribution is -1.84. The summed E-state index contributed by atoms with van der Waals surface area (Å²) in [6, 6.07) is 1.85. The van der Waals surface area contributed by atoms with Crippen molar-refractivity contribution in [2.24, 2.45) is 0 Å². The highest BCUT2D eigenvalue weighted by Crippen LogP contribution is 2.23. The molecule has 1 N–H and O–H groups in total. The zero-order valence-electron chi connectivity index (χ0n) is 6.84. The lowest BCUT2D eigenvalue weighted by molar-refractivity contribution is 0.102. The first-order valence-electron chi connectivity index (χ1n) is 3.64. The molecule has 0 aliphatic carbocycles. The fourth-order valence-electron chi connectivity index (χ4n) is 1.10. The van der Waals surface area contributed by atoms with Crippen LogP contribution >= 0.6 is 11.3 Å². The van der Waals surface area contributed by atoms with E-state index in [1.807, 2.05) is 13.0 Å². The zero-order valence-corrected chi connectivity index (χ0v) is 7.66. The molecule has 4 heteroatoms. The fraction of sp³-hybridized carbons (Fsp3) is 0.250. The Bertz CT molecular complexity index is 409. The van der Waals surface area contributed by atoms with Gasteiger partial charge < -0.3 is 4.98 Å². The van der Waals surface area contributed by atoms with E-state index in [1.54, 1.807) is 6.92 Å². The number of H-pyrrole nitrogens is 1. The molecule has 0 atom stereocenters. The molecule has 0 amide bonds. The van der Waals surface area contributed by atoms with Gasteiger partial charge in [0.2, 0.25) is 0 Å². The monoisotopic (exact) mass is 180 g/mol. The van der Waals surface area contributed by atoms with Crippen molar-refractivity contribution in [2.75, 3.05) is 0 Å². The number of imidazole rings is 1. The highest BCUT2D eigenvalue weighted by molar-refractivity contribution is 7.20. The average molecular weight is 180 g/mol. The number of hydrogen-bond acceptors (Lipinski definition) is 3. The summed E-state index contributed by atoms with van der Waals surface area (Å²) in [5, 5.41) is 0. The van der Waals surface area contributed by atoms with Crippen LogP contribution in [0.25, 0.3) is 10.3 Å². The molecule has 12 heavy (non-hydrogen) atoms. The zero-order chi connectivity index (χ0) is 8.72. The second-order valence-corrected chi connectivity index (χ2v) is 3.74. The van der Waals surface area contributed by atoms with E-state index in [4.69, 9.17) is 0 Å². The van der Waals surface area contributed by atoms with Crippen molar-refractivity contribution in [1.82, 2.24) is 9.97 Å². The molecule has 0 aromatic carbocycles. The normalized spacial score (nSPS) is 10.8. The van der Waals surface area contributed by atoms with Crippen LogP contribution in [0.3, 0.4) is 0 Å². The molecule has 0 bridgehead atoms. The quantitative estimate of drug-likeness (QED) is 0.683. The summed E-state index contributed by atoms with van der Waals surface area (Å²) >= 11 is 1.43. The standard InChI is InChI=1S/C8H8N2OS/c1-4(11)7-3-6-8(12-7)10-5(2)9-6/h3H,1-2H3,(H,9,10). The number of aromatic nitrogens is 2. The van der Waals surface area contributed by atoms with Gasteiger partial charge in [-0.1, -0.05) is 0 Å². The molecule has 0 radical (unpaired) electrons. The molecule has 0 aliphatic rings. The number of hydrogen-bond donors (Lipinski definition) is 1. The fourth-order valence-corrected chi connectivity index (χ4v) is 2.03. The van der Waals surface area contributed by atoms with Crippen LogP contribution in [-0.2, 0) is 0 Å². The van der Waals surface area contributed by atoms with Crippen molar-refractivity contribution in [3.05, 3.63) is 16.8 Å². The van der Waals surface area contributed by atoms with Gasteiger partial charge in [0.25, 0.3) is 0 Å². The predicted molar refractivity (Wildman–Crippen MR) is 48.7 cm³/mol. The van der Waals surface area contributed by atoms with E-state index in [0.29, 0.717) is 0 Å². The van der Waals surface area contributed by atoms with Gasteiger partial charge in [0, 0.05) is 0 Å². The van der Waals surface area contributed by atoms with E-state index in [1.165, 1.54) is 11.3 Å². The van der Waals surface area contributed by atoms with Crippen molar-refractivity contribution in [3.63, 3.8) is 0 Å². The minimum atomic E-state index is 0.101. The van der Waals surface area contributed by atoms with Crippen LogP contribution in [0.4, 0.5) is 0 Å². The lowest BCUT2D eigenvalue weighted by Gasteiger charge is -1.82. The first-order chi connectivity index (χ1) is 5.66. The summed E-state index contributed by atoms with van der Waals surface area (Å²) in [4.78, 5) is 20.0. The van der Waals surface area contributed by atoms with E-state index in [2.05, 4.69) is 9.97 Å². The molecule has 0 saturated carbocycles. The highest BCUT2D eigenvalue weighted by atomic mass is 32.1. The topological polar surface area (TPSA) is 45.8 Å². The van der Waals surface area contributed by atoms with Crippen molar-refractivity contribution in [2.45, 2.75) is 13.8 Å². The molecule has 0 fully saturated rings. The second-order valence-electron chi connectivity index (χ2n) is 2.71. The van der Waals surface area contributed by atoms with Crippen LogP contribution in [0.2, 0.25) is 0 Å². The van der Waals surface area contributed by atoms with Gasteiger partial charge in [0.1, 0.15) is 10.7 Å². The highest BCUT2D eigenvalue weighted by Gasteiger charge is 2.07. The molecule has 62 valence electrons. The Morgan fingerprint density at radius 2 is 2.42 bits per heavy atom. The van der Waals surface area contributed by atoms with Gasteiger partial charge in [-0.05, 0) is 19.9 Å². The Morgan fingerprint density at radius 1 is 1.67 bits per heavy atom. The van der Waals surface area contributed by atoms with Gasteiger partial charge >= 0.3 is 0 Å². The minimum absolute atomic E-state index is 0.101. The number of fused-ring (bicyclic) bond motifs is 1. The summed E-state index contributed by atoms with van der Waals surface area (Å²) < 4.78 is 0. The summed E-state index contributed by atoms with van der Waals surface area (Å²) in [7, 11) is 0. The van der Waals surface area contributed by atoms with Gasteiger partial charge in [-0.25, -0.2) is 4.98 Å². The number of Topliss-reactive ketones (excluding diaryl/α,β-unsaturated/α-hetero) is 1. The Morgan fingerprint density at radius 3 is 3.00 bits per heavy atom. The van der Waals surface area contributed by atoms with Crippen LogP contribution in [0.5, 0.6) is 0 Å². The van der Waals surface area contributed by atoms with Crippen LogP contribution in [0.15, 0.2) is 6.07 Å². The number of nitrogens with one attached hydrogen (secondary N) is 1. The van der Waals surface area contributed by atoms with Gasteiger partial charge in [-0.2, -0.15) is 0 Å². The van der Waals surface area contributed by atoms with Crippen molar-refractivity contribution < 1.29 is 4.79 Å². The molecule has 2 aromatic rings. The van der Waals surface area contributed by atoms with E-state index in [9.17, 15) is 4.79 Å².